The number of nitrogens with zero attached hydrogens (tertiary/aromatic N) is 6. The first-order valence-corrected chi connectivity index (χ1v) is 14.5. The number of fused-ring (bicyclic) bond motifs is 1. The minimum absolute atomic E-state index is 0.0476. The van der Waals surface area contributed by atoms with Crippen LogP contribution < -0.4 is 14.5 Å². The van der Waals surface area contributed by atoms with Crippen molar-refractivity contribution in [1.82, 2.24) is 19.7 Å². The zero-order valence-electron chi connectivity index (χ0n) is 23.2. The lowest BCUT2D eigenvalue weighted by atomic mass is 9.97. The molecule has 0 radical (unpaired) electrons. The summed E-state index contributed by atoms with van der Waals surface area (Å²) in [6.45, 7) is 6.59. The number of hydrogen-bond acceptors (Lipinski definition) is 5. The first-order chi connectivity index (χ1) is 19.0. The van der Waals surface area contributed by atoms with Crippen molar-refractivity contribution in [2.24, 2.45) is 0 Å². The van der Waals surface area contributed by atoms with Gasteiger partial charge in [0.2, 0.25) is 5.88 Å². The van der Waals surface area contributed by atoms with Crippen molar-refractivity contribution in [1.29, 1.82) is 0 Å². The molecule has 2 saturated carbocycles. The number of piperidine rings is 1. The second kappa shape index (κ2) is 9.57. The number of carbonyl (C=O) groups is 1. The van der Waals surface area contributed by atoms with Crippen molar-refractivity contribution < 1.29 is 9.53 Å². The molecule has 8 nitrogen and oxygen atoms in total. The number of aromatic nitrogens is 3. The Labute approximate surface area is 230 Å². The van der Waals surface area contributed by atoms with Gasteiger partial charge in [-0.3, -0.25) is 9.58 Å². The van der Waals surface area contributed by atoms with Gasteiger partial charge in [-0.05, 0) is 81.0 Å². The molecule has 8 heteroatoms. The molecule has 4 aliphatic rings. The highest BCUT2D eigenvalue weighted by Crippen LogP contribution is 2.45. The average Bonchev–Trinajstić information content (AvgIpc) is 3.89. The van der Waals surface area contributed by atoms with Gasteiger partial charge in [0.15, 0.2) is 0 Å². The van der Waals surface area contributed by atoms with Crippen LogP contribution in [0.5, 0.6) is 5.88 Å². The summed E-state index contributed by atoms with van der Waals surface area (Å²) in [4.78, 5) is 25.3. The molecular formula is C31H38N6O2. The fourth-order valence-electron chi connectivity index (χ4n) is 6.66. The summed E-state index contributed by atoms with van der Waals surface area (Å²) in [5.74, 6) is 1.31. The Morgan fingerprint density at radius 3 is 2.49 bits per heavy atom. The number of methoxy groups -OCH3 is 1. The summed E-state index contributed by atoms with van der Waals surface area (Å²) in [6.07, 6.45) is 10.6. The van der Waals surface area contributed by atoms with Gasteiger partial charge in [-0.15, -0.1) is 0 Å². The van der Waals surface area contributed by atoms with Gasteiger partial charge in [0, 0.05) is 31.5 Å². The highest BCUT2D eigenvalue weighted by Gasteiger charge is 2.43. The molecule has 39 heavy (non-hydrogen) atoms. The highest BCUT2D eigenvalue weighted by atomic mass is 16.5. The molecule has 0 bridgehead atoms. The van der Waals surface area contributed by atoms with Crippen molar-refractivity contribution >= 4 is 17.4 Å². The zero-order chi connectivity index (χ0) is 26.7. The minimum Gasteiger partial charge on any atom is -0.480 e. The number of benzene rings is 1. The van der Waals surface area contributed by atoms with Gasteiger partial charge in [-0.2, -0.15) is 5.10 Å². The largest absolute Gasteiger partial charge is 0.480 e. The molecular weight excluding hydrogens is 488 g/mol. The maximum absolute atomic E-state index is 14.4. The fourth-order valence-corrected chi connectivity index (χ4v) is 6.66. The van der Waals surface area contributed by atoms with E-state index in [2.05, 4.69) is 63.8 Å². The molecule has 0 spiro atoms. The molecule has 2 aliphatic carbocycles. The van der Waals surface area contributed by atoms with E-state index in [0.29, 0.717) is 24.4 Å². The van der Waals surface area contributed by atoms with E-state index in [1.54, 1.807) is 13.3 Å². The topological polar surface area (TPSA) is 66.7 Å². The normalized spacial score (nSPS) is 21.9. The summed E-state index contributed by atoms with van der Waals surface area (Å²) in [6, 6.07) is 11.4. The van der Waals surface area contributed by atoms with Crippen LogP contribution in [0.3, 0.4) is 0 Å². The number of ether oxygens (including phenoxy) is 1. The van der Waals surface area contributed by atoms with Gasteiger partial charge in [-0.1, -0.05) is 24.3 Å². The van der Waals surface area contributed by atoms with Crippen LogP contribution in [0.2, 0.25) is 0 Å². The van der Waals surface area contributed by atoms with Crippen LogP contribution in [0, 0.1) is 6.92 Å². The van der Waals surface area contributed by atoms with Crippen LogP contribution in [0.1, 0.15) is 85.8 Å². The maximum atomic E-state index is 14.4. The van der Waals surface area contributed by atoms with E-state index in [0.717, 1.165) is 43.0 Å². The van der Waals surface area contributed by atoms with Crippen molar-refractivity contribution in [3.05, 3.63) is 65.1 Å². The van der Waals surface area contributed by atoms with Crippen molar-refractivity contribution in [3.8, 4) is 5.88 Å². The van der Waals surface area contributed by atoms with Gasteiger partial charge >= 0.3 is 6.03 Å². The number of aryl methyl sites for hydroxylation is 1. The zero-order valence-corrected chi connectivity index (χ0v) is 23.2. The number of amides is 2. The summed E-state index contributed by atoms with van der Waals surface area (Å²) >= 11 is 0. The van der Waals surface area contributed by atoms with Gasteiger partial charge in [0.25, 0.3) is 0 Å². The molecule has 4 heterocycles. The third-order valence-corrected chi connectivity index (χ3v) is 9.08. The van der Waals surface area contributed by atoms with E-state index in [1.807, 2.05) is 11.0 Å². The predicted octanol–water partition coefficient (Wildman–Crippen LogP) is 5.98. The molecule has 3 fully saturated rings. The Hall–Kier alpha value is -3.55. The second-order valence-corrected chi connectivity index (χ2v) is 11.7. The number of urea groups is 1. The SMILES string of the molecule is COc1nccc(C)c1N1CCC(N2C(=O)N(Cc3ccccc3C3CC3)c3cn(C4CC4)nc3[C@@H]2C)CC1. The highest BCUT2D eigenvalue weighted by molar-refractivity contribution is 5.95. The number of hydrogen-bond donors (Lipinski definition) is 0. The van der Waals surface area contributed by atoms with Gasteiger partial charge in [0.1, 0.15) is 11.4 Å². The molecule has 2 aliphatic heterocycles. The molecule has 2 amide bonds. The molecule has 3 aromatic rings. The molecule has 2 aromatic heterocycles. The van der Waals surface area contributed by atoms with Gasteiger partial charge in [-0.25, -0.2) is 9.78 Å². The van der Waals surface area contributed by atoms with Crippen molar-refractivity contribution in [3.63, 3.8) is 0 Å². The van der Waals surface area contributed by atoms with Crippen LogP contribution in [-0.4, -0.2) is 51.9 Å². The molecule has 204 valence electrons. The summed E-state index contributed by atoms with van der Waals surface area (Å²) in [5.41, 5.74) is 6.94. The van der Waals surface area contributed by atoms with Crippen LogP contribution in [0.4, 0.5) is 16.2 Å². The lowest BCUT2D eigenvalue weighted by Crippen LogP contribution is -2.55. The Balaban J connectivity index is 1.18. The lowest BCUT2D eigenvalue weighted by Gasteiger charge is -2.46. The van der Waals surface area contributed by atoms with E-state index < -0.39 is 0 Å². The average molecular weight is 527 g/mol. The van der Waals surface area contributed by atoms with E-state index in [9.17, 15) is 4.79 Å². The molecule has 7 rings (SSSR count). The second-order valence-electron chi connectivity index (χ2n) is 11.7. The quantitative estimate of drug-likeness (QED) is 0.379. The fraction of sp³-hybridized carbons (Fsp3) is 0.516. The van der Waals surface area contributed by atoms with Crippen LogP contribution >= 0.6 is 0 Å². The van der Waals surface area contributed by atoms with Crippen molar-refractivity contribution in [2.75, 3.05) is 30.0 Å². The van der Waals surface area contributed by atoms with Gasteiger partial charge < -0.3 is 14.5 Å². The first-order valence-electron chi connectivity index (χ1n) is 14.5. The molecule has 0 unspecified atom stereocenters. The van der Waals surface area contributed by atoms with E-state index in [4.69, 9.17) is 9.84 Å². The lowest BCUT2D eigenvalue weighted by molar-refractivity contribution is 0.134. The molecule has 1 aromatic carbocycles. The monoisotopic (exact) mass is 526 g/mol. The third kappa shape index (κ3) is 4.34. The molecule has 1 atom stereocenters. The predicted molar refractivity (Wildman–Crippen MR) is 152 cm³/mol. The number of pyridine rings is 1. The van der Waals surface area contributed by atoms with Crippen LogP contribution in [-0.2, 0) is 6.54 Å². The Morgan fingerprint density at radius 2 is 1.77 bits per heavy atom. The van der Waals surface area contributed by atoms with Crippen LogP contribution in [0.25, 0.3) is 0 Å². The first kappa shape index (κ1) is 24.5. The van der Waals surface area contributed by atoms with Gasteiger partial charge in [0.05, 0.1) is 31.4 Å². The molecule has 1 saturated heterocycles. The minimum atomic E-state index is -0.0476. The smallest absolute Gasteiger partial charge is 0.325 e. The number of carbonyl (C=O) groups excluding carboxylic acids is 1. The van der Waals surface area contributed by atoms with Crippen molar-refractivity contribution in [2.45, 2.75) is 83.0 Å². The number of anilines is 2. The molecule has 0 N–H and O–H groups in total. The Bertz CT molecular complexity index is 1390. The number of rotatable bonds is 7. The Kier molecular flexibility index (Phi) is 6.01. The Morgan fingerprint density at radius 1 is 1.00 bits per heavy atom. The van der Waals surface area contributed by atoms with E-state index >= 15 is 0 Å². The standard InChI is InChI=1S/C31H38N6O2/c1-20-12-15-32-30(39-3)29(20)34-16-13-25(14-17-34)37-21(2)28-27(19-36(33-28)24-10-11-24)35(31(37)38)18-23-6-4-5-7-26(23)22-8-9-22/h4-7,12,15,19,21-22,24-25H,8-11,13-14,16-18H2,1-3H3/t21-/m0/s1. The van der Waals surface area contributed by atoms with E-state index in [1.165, 1.54) is 42.4 Å². The maximum Gasteiger partial charge on any atom is 0.325 e. The van der Waals surface area contributed by atoms with E-state index in [-0.39, 0.29) is 18.1 Å². The third-order valence-electron chi connectivity index (χ3n) is 9.08. The summed E-state index contributed by atoms with van der Waals surface area (Å²) < 4.78 is 7.71. The van der Waals surface area contributed by atoms with Crippen LogP contribution in [0.15, 0.2) is 42.7 Å². The summed E-state index contributed by atoms with van der Waals surface area (Å²) in [5, 5.41) is 5.08. The summed E-state index contributed by atoms with van der Waals surface area (Å²) in [7, 11) is 1.68.